The van der Waals surface area contributed by atoms with E-state index in [0.717, 1.165) is 5.56 Å². The molecule has 1 aromatic rings. The zero-order chi connectivity index (χ0) is 13.2. The molecule has 4 heteroatoms. The van der Waals surface area contributed by atoms with Crippen molar-refractivity contribution in [1.29, 1.82) is 0 Å². The summed E-state index contributed by atoms with van der Waals surface area (Å²) >= 11 is 0. The molecule has 1 aliphatic rings. The third-order valence-electron chi connectivity index (χ3n) is 3.61. The van der Waals surface area contributed by atoms with Gasteiger partial charge in [0.2, 0.25) is 5.91 Å². The number of nitrogens with one attached hydrogen (secondary N) is 1. The van der Waals surface area contributed by atoms with Gasteiger partial charge in [0.05, 0.1) is 18.6 Å². The number of ether oxygens (including phenoxy) is 1. The Balaban J connectivity index is 1.94. The second kappa shape index (κ2) is 5.08. The van der Waals surface area contributed by atoms with Crippen LogP contribution in [0.1, 0.15) is 18.1 Å². The summed E-state index contributed by atoms with van der Waals surface area (Å²) in [4.78, 5) is 12.1. The number of aryl methyl sites for hydroxylation is 1. The van der Waals surface area contributed by atoms with Crippen LogP contribution in [0.15, 0.2) is 24.3 Å². The van der Waals surface area contributed by atoms with Gasteiger partial charge in [0, 0.05) is 12.6 Å². The number of hydrogen-bond donors (Lipinski definition) is 2. The van der Waals surface area contributed by atoms with Crippen molar-refractivity contribution in [2.75, 3.05) is 13.2 Å². The summed E-state index contributed by atoms with van der Waals surface area (Å²) in [5, 5.41) is 2.93. The maximum absolute atomic E-state index is 12.1. The SMILES string of the molecule is Cc1ccc(CNC(=O)C2(C)COCC2N)cc1. The van der Waals surface area contributed by atoms with Gasteiger partial charge in [-0.05, 0) is 19.4 Å². The van der Waals surface area contributed by atoms with E-state index >= 15 is 0 Å². The molecule has 0 spiro atoms. The fourth-order valence-corrected chi connectivity index (χ4v) is 2.01. The molecule has 0 aliphatic carbocycles. The number of rotatable bonds is 3. The molecular weight excluding hydrogens is 228 g/mol. The van der Waals surface area contributed by atoms with Gasteiger partial charge in [0.25, 0.3) is 0 Å². The second-order valence-corrected chi connectivity index (χ2v) is 5.21. The highest BCUT2D eigenvalue weighted by molar-refractivity contribution is 5.83. The van der Waals surface area contributed by atoms with Crippen molar-refractivity contribution >= 4 is 5.91 Å². The normalized spacial score (nSPS) is 27.2. The fourth-order valence-electron chi connectivity index (χ4n) is 2.01. The number of benzene rings is 1. The molecule has 2 rings (SSSR count). The first-order chi connectivity index (χ1) is 8.52. The van der Waals surface area contributed by atoms with Crippen molar-refractivity contribution in [3.05, 3.63) is 35.4 Å². The molecule has 1 aromatic carbocycles. The summed E-state index contributed by atoms with van der Waals surface area (Å²) in [7, 11) is 0. The van der Waals surface area contributed by atoms with Crippen LogP contribution in [0.2, 0.25) is 0 Å². The molecule has 3 N–H and O–H groups in total. The Morgan fingerprint density at radius 3 is 2.72 bits per heavy atom. The highest BCUT2D eigenvalue weighted by Crippen LogP contribution is 2.27. The quantitative estimate of drug-likeness (QED) is 0.838. The number of carbonyl (C=O) groups excluding carboxylic acids is 1. The van der Waals surface area contributed by atoms with E-state index in [1.807, 2.05) is 38.1 Å². The molecule has 0 aromatic heterocycles. The molecular formula is C14H20N2O2. The van der Waals surface area contributed by atoms with Crippen LogP contribution in [0, 0.1) is 12.3 Å². The first-order valence-corrected chi connectivity index (χ1v) is 6.19. The van der Waals surface area contributed by atoms with Crippen LogP contribution in [0.5, 0.6) is 0 Å². The third kappa shape index (κ3) is 2.54. The lowest BCUT2D eigenvalue weighted by atomic mass is 9.85. The van der Waals surface area contributed by atoms with Crippen molar-refractivity contribution in [3.8, 4) is 0 Å². The monoisotopic (exact) mass is 248 g/mol. The minimum atomic E-state index is -0.606. The zero-order valence-corrected chi connectivity index (χ0v) is 10.9. The minimum absolute atomic E-state index is 0.0342. The van der Waals surface area contributed by atoms with Gasteiger partial charge >= 0.3 is 0 Å². The first-order valence-electron chi connectivity index (χ1n) is 6.19. The van der Waals surface area contributed by atoms with Gasteiger partial charge in [-0.15, -0.1) is 0 Å². The highest BCUT2D eigenvalue weighted by Gasteiger charge is 2.44. The Bertz CT molecular complexity index is 430. The van der Waals surface area contributed by atoms with E-state index in [-0.39, 0.29) is 11.9 Å². The summed E-state index contributed by atoms with van der Waals surface area (Å²) in [6, 6.07) is 7.88. The standard InChI is InChI=1S/C14H20N2O2/c1-10-3-5-11(6-4-10)7-16-13(17)14(2)9-18-8-12(14)15/h3-6,12H,7-9,15H2,1-2H3,(H,16,17). The van der Waals surface area contributed by atoms with Crippen LogP contribution in [-0.4, -0.2) is 25.2 Å². The van der Waals surface area contributed by atoms with E-state index < -0.39 is 5.41 Å². The topological polar surface area (TPSA) is 64.3 Å². The van der Waals surface area contributed by atoms with Gasteiger partial charge in [-0.3, -0.25) is 4.79 Å². The molecule has 4 nitrogen and oxygen atoms in total. The van der Waals surface area contributed by atoms with Crippen LogP contribution in [0.3, 0.4) is 0 Å². The van der Waals surface area contributed by atoms with E-state index in [0.29, 0.717) is 19.8 Å². The Morgan fingerprint density at radius 2 is 2.17 bits per heavy atom. The molecule has 0 bridgehead atoms. The van der Waals surface area contributed by atoms with E-state index in [9.17, 15) is 4.79 Å². The molecule has 2 atom stereocenters. The van der Waals surface area contributed by atoms with E-state index in [1.54, 1.807) is 0 Å². The van der Waals surface area contributed by atoms with Crippen LogP contribution in [-0.2, 0) is 16.1 Å². The maximum atomic E-state index is 12.1. The van der Waals surface area contributed by atoms with Crippen molar-refractivity contribution in [3.63, 3.8) is 0 Å². The average Bonchev–Trinajstić information content (AvgIpc) is 2.70. The Morgan fingerprint density at radius 1 is 1.50 bits per heavy atom. The number of amides is 1. The molecule has 1 aliphatic heterocycles. The highest BCUT2D eigenvalue weighted by atomic mass is 16.5. The van der Waals surface area contributed by atoms with E-state index in [2.05, 4.69) is 5.32 Å². The first kappa shape index (κ1) is 13.1. The van der Waals surface area contributed by atoms with Gasteiger partial charge in [-0.2, -0.15) is 0 Å². The molecule has 0 radical (unpaired) electrons. The van der Waals surface area contributed by atoms with Gasteiger partial charge in [-0.25, -0.2) is 0 Å². The summed E-state index contributed by atoms with van der Waals surface area (Å²) in [5.41, 5.74) is 7.61. The van der Waals surface area contributed by atoms with Gasteiger partial charge in [0.1, 0.15) is 0 Å². The number of carbonyl (C=O) groups is 1. The predicted octanol–water partition coefficient (Wildman–Crippen LogP) is 0.975. The lowest BCUT2D eigenvalue weighted by Gasteiger charge is -2.25. The fraction of sp³-hybridized carbons (Fsp3) is 0.500. The second-order valence-electron chi connectivity index (χ2n) is 5.21. The molecule has 1 fully saturated rings. The van der Waals surface area contributed by atoms with Crippen LogP contribution in [0.4, 0.5) is 0 Å². The Kier molecular flexibility index (Phi) is 3.68. The molecule has 18 heavy (non-hydrogen) atoms. The van der Waals surface area contributed by atoms with Crippen molar-refractivity contribution < 1.29 is 9.53 Å². The summed E-state index contributed by atoms with van der Waals surface area (Å²) in [6.07, 6.45) is 0. The van der Waals surface area contributed by atoms with Crippen LogP contribution < -0.4 is 11.1 Å². The van der Waals surface area contributed by atoms with Gasteiger partial charge in [-0.1, -0.05) is 29.8 Å². The number of nitrogens with two attached hydrogens (primary N) is 1. The van der Waals surface area contributed by atoms with E-state index in [1.165, 1.54) is 5.56 Å². The van der Waals surface area contributed by atoms with Crippen LogP contribution in [0.25, 0.3) is 0 Å². The van der Waals surface area contributed by atoms with Crippen molar-refractivity contribution in [1.82, 2.24) is 5.32 Å². The summed E-state index contributed by atoms with van der Waals surface area (Å²) < 4.78 is 5.28. The van der Waals surface area contributed by atoms with Gasteiger partial charge in [0.15, 0.2) is 0 Å². The van der Waals surface area contributed by atoms with Gasteiger partial charge < -0.3 is 15.8 Å². The lowest BCUT2D eigenvalue weighted by molar-refractivity contribution is -0.130. The molecule has 2 unspecified atom stereocenters. The maximum Gasteiger partial charge on any atom is 0.230 e. The van der Waals surface area contributed by atoms with Crippen LogP contribution >= 0.6 is 0 Å². The van der Waals surface area contributed by atoms with Crippen molar-refractivity contribution in [2.45, 2.75) is 26.4 Å². The molecule has 98 valence electrons. The summed E-state index contributed by atoms with van der Waals surface area (Å²) in [5.74, 6) is -0.0342. The molecule has 0 saturated carbocycles. The van der Waals surface area contributed by atoms with Crippen molar-refractivity contribution in [2.24, 2.45) is 11.1 Å². The third-order valence-corrected chi connectivity index (χ3v) is 3.61. The number of hydrogen-bond acceptors (Lipinski definition) is 3. The molecule has 1 heterocycles. The Labute approximate surface area is 108 Å². The zero-order valence-electron chi connectivity index (χ0n) is 10.9. The lowest BCUT2D eigenvalue weighted by Crippen LogP contribution is -2.49. The molecule has 1 amide bonds. The summed E-state index contributed by atoms with van der Waals surface area (Å²) in [6.45, 7) is 5.27. The largest absolute Gasteiger partial charge is 0.379 e. The predicted molar refractivity (Wildman–Crippen MR) is 69.9 cm³/mol. The Hall–Kier alpha value is -1.39. The smallest absolute Gasteiger partial charge is 0.230 e. The average molecular weight is 248 g/mol. The van der Waals surface area contributed by atoms with E-state index in [4.69, 9.17) is 10.5 Å². The molecule has 1 saturated heterocycles. The minimum Gasteiger partial charge on any atom is -0.379 e.